The van der Waals surface area contributed by atoms with Gasteiger partial charge in [-0.3, -0.25) is 10.1 Å². The Kier molecular flexibility index (Phi) is 4.98. The minimum atomic E-state index is -0.418. The summed E-state index contributed by atoms with van der Waals surface area (Å²) in [4.78, 5) is 23.0. The number of nitrogens with one attached hydrogen (secondary N) is 3. The van der Waals surface area contributed by atoms with E-state index in [0.29, 0.717) is 5.02 Å². The summed E-state index contributed by atoms with van der Waals surface area (Å²) in [6, 6.07) is 7.23. The van der Waals surface area contributed by atoms with Gasteiger partial charge < -0.3 is 10.6 Å². The third-order valence-corrected chi connectivity index (χ3v) is 3.36. The molecule has 0 aromatic heterocycles. The SMILES string of the molecule is C[C@@H](NCC(=O)NC(=O)NC1CC1)c1ccc(Cl)cc1. The molecule has 0 radical (unpaired) electrons. The summed E-state index contributed by atoms with van der Waals surface area (Å²) in [7, 11) is 0. The van der Waals surface area contributed by atoms with E-state index in [-0.39, 0.29) is 24.5 Å². The molecule has 1 aromatic carbocycles. The molecule has 1 atom stereocenters. The second-order valence-corrected chi connectivity index (χ2v) is 5.39. The minimum Gasteiger partial charge on any atom is -0.335 e. The average Bonchev–Trinajstić information content (AvgIpc) is 3.20. The molecule has 1 aromatic rings. The molecule has 0 spiro atoms. The van der Waals surface area contributed by atoms with Crippen LogP contribution in [0.15, 0.2) is 24.3 Å². The lowest BCUT2D eigenvalue weighted by Gasteiger charge is -2.14. The smallest absolute Gasteiger partial charge is 0.321 e. The van der Waals surface area contributed by atoms with Crippen LogP contribution in [0, 0.1) is 0 Å². The highest BCUT2D eigenvalue weighted by Crippen LogP contribution is 2.18. The second-order valence-electron chi connectivity index (χ2n) is 4.95. The normalized spacial score (nSPS) is 15.5. The zero-order valence-electron chi connectivity index (χ0n) is 11.3. The summed E-state index contributed by atoms with van der Waals surface area (Å²) in [5.74, 6) is -0.344. The summed E-state index contributed by atoms with van der Waals surface area (Å²) >= 11 is 5.82. The standard InChI is InChI=1S/C14H18ClN3O2/c1-9(10-2-4-11(15)5-3-10)16-8-13(19)18-14(20)17-12-6-7-12/h2-5,9,12,16H,6-8H2,1H3,(H2,17,18,19,20)/t9-/m1/s1. The molecule has 1 aliphatic carbocycles. The molecular formula is C14H18ClN3O2. The molecule has 0 heterocycles. The first-order valence-corrected chi connectivity index (χ1v) is 7.01. The Morgan fingerprint density at radius 1 is 1.30 bits per heavy atom. The van der Waals surface area contributed by atoms with Crippen molar-refractivity contribution in [2.24, 2.45) is 0 Å². The molecule has 1 aliphatic rings. The highest BCUT2D eigenvalue weighted by Gasteiger charge is 2.23. The van der Waals surface area contributed by atoms with Gasteiger partial charge in [-0.15, -0.1) is 0 Å². The first-order valence-electron chi connectivity index (χ1n) is 6.64. The largest absolute Gasteiger partial charge is 0.335 e. The zero-order chi connectivity index (χ0) is 14.5. The van der Waals surface area contributed by atoms with E-state index >= 15 is 0 Å². The van der Waals surface area contributed by atoms with E-state index in [2.05, 4.69) is 16.0 Å². The number of imide groups is 1. The molecular weight excluding hydrogens is 278 g/mol. The minimum absolute atomic E-state index is 0.00418. The maximum absolute atomic E-state index is 11.6. The van der Waals surface area contributed by atoms with Crippen LogP contribution in [0.1, 0.15) is 31.4 Å². The Bertz CT molecular complexity index is 486. The Morgan fingerprint density at radius 3 is 2.55 bits per heavy atom. The van der Waals surface area contributed by atoms with Crippen molar-refractivity contribution in [1.82, 2.24) is 16.0 Å². The molecule has 0 unspecified atom stereocenters. The molecule has 1 saturated carbocycles. The first kappa shape index (κ1) is 14.8. The van der Waals surface area contributed by atoms with Gasteiger partial charge in [0.15, 0.2) is 0 Å². The summed E-state index contributed by atoms with van der Waals surface area (Å²) in [6.07, 6.45) is 1.99. The van der Waals surface area contributed by atoms with Crippen LogP contribution in [0.25, 0.3) is 0 Å². The van der Waals surface area contributed by atoms with Crippen molar-refractivity contribution in [3.05, 3.63) is 34.9 Å². The molecule has 1 fully saturated rings. The van der Waals surface area contributed by atoms with Crippen molar-refractivity contribution >= 4 is 23.5 Å². The van der Waals surface area contributed by atoms with Gasteiger partial charge in [-0.05, 0) is 37.5 Å². The van der Waals surface area contributed by atoms with Crippen LogP contribution in [-0.4, -0.2) is 24.5 Å². The Hall–Kier alpha value is -1.59. The highest BCUT2D eigenvalue weighted by atomic mass is 35.5. The van der Waals surface area contributed by atoms with Crippen LogP contribution in [0.5, 0.6) is 0 Å². The third-order valence-electron chi connectivity index (χ3n) is 3.10. The zero-order valence-corrected chi connectivity index (χ0v) is 12.0. The van der Waals surface area contributed by atoms with Crippen LogP contribution in [0.3, 0.4) is 0 Å². The van der Waals surface area contributed by atoms with Gasteiger partial charge in [0, 0.05) is 17.1 Å². The van der Waals surface area contributed by atoms with E-state index in [1.54, 1.807) is 12.1 Å². The average molecular weight is 296 g/mol. The van der Waals surface area contributed by atoms with Crippen molar-refractivity contribution in [2.75, 3.05) is 6.54 Å². The molecule has 0 bridgehead atoms. The van der Waals surface area contributed by atoms with Crippen LogP contribution < -0.4 is 16.0 Å². The number of halogens is 1. The summed E-state index contributed by atoms with van der Waals surface area (Å²) < 4.78 is 0. The van der Waals surface area contributed by atoms with Gasteiger partial charge in [0.25, 0.3) is 0 Å². The van der Waals surface area contributed by atoms with Crippen molar-refractivity contribution in [1.29, 1.82) is 0 Å². The van der Waals surface area contributed by atoms with Crippen molar-refractivity contribution in [2.45, 2.75) is 31.8 Å². The van der Waals surface area contributed by atoms with Crippen molar-refractivity contribution in [3.63, 3.8) is 0 Å². The first-order chi connectivity index (χ1) is 9.54. The molecule has 3 amide bonds. The lowest BCUT2D eigenvalue weighted by atomic mass is 10.1. The number of benzene rings is 1. The summed E-state index contributed by atoms with van der Waals surface area (Å²) in [6.45, 7) is 2.03. The van der Waals surface area contributed by atoms with Gasteiger partial charge in [0.05, 0.1) is 6.54 Å². The second kappa shape index (κ2) is 6.72. The quantitative estimate of drug-likeness (QED) is 0.778. The van der Waals surface area contributed by atoms with E-state index in [9.17, 15) is 9.59 Å². The number of amides is 3. The van der Waals surface area contributed by atoms with Crippen LogP contribution in [-0.2, 0) is 4.79 Å². The number of carbonyl (C=O) groups is 2. The summed E-state index contributed by atoms with van der Waals surface area (Å²) in [5, 5.41) is 8.73. The fourth-order valence-electron chi connectivity index (χ4n) is 1.74. The molecule has 20 heavy (non-hydrogen) atoms. The number of urea groups is 1. The van der Waals surface area contributed by atoms with Gasteiger partial charge in [-0.25, -0.2) is 4.79 Å². The van der Waals surface area contributed by atoms with Crippen molar-refractivity contribution < 1.29 is 9.59 Å². The number of rotatable bonds is 5. The molecule has 0 aliphatic heterocycles. The van der Waals surface area contributed by atoms with E-state index < -0.39 is 6.03 Å². The lowest BCUT2D eigenvalue weighted by Crippen LogP contribution is -2.44. The van der Waals surface area contributed by atoms with E-state index in [1.165, 1.54) is 0 Å². The Morgan fingerprint density at radius 2 is 1.95 bits per heavy atom. The summed E-state index contributed by atoms with van der Waals surface area (Å²) in [5.41, 5.74) is 1.03. The molecule has 6 heteroatoms. The van der Waals surface area contributed by atoms with E-state index in [4.69, 9.17) is 11.6 Å². The van der Waals surface area contributed by atoms with Gasteiger partial charge in [0.2, 0.25) is 5.91 Å². The monoisotopic (exact) mass is 295 g/mol. The fourth-order valence-corrected chi connectivity index (χ4v) is 1.86. The Labute approximate surface area is 123 Å². The predicted molar refractivity (Wildman–Crippen MR) is 77.6 cm³/mol. The molecule has 3 N–H and O–H groups in total. The number of carbonyl (C=O) groups excluding carboxylic acids is 2. The van der Waals surface area contributed by atoms with Crippen molar-refractivity contribution in [3.8, 4) is 0 Å². The predicted octanol–water partition coefficient (Wildman–Crippen LogP) is 1.98. The third kappa shape index (κ3) is 4.83. The fraction of sp³-hybridized carbons (Fsp3) is 0.429. The van der Waals surface area contributed by atoms with E-state index in [0.717, 1.165) is 18.4 Å². The number of hydrogen-bond donors (Lipinski definition) is 3. The lowest BCUT2D eigenvalue weighted by molar-refractivity contribution is -0.119. The Balaban J connectivity index is 1.71. The highest BCUT2D eigenvalue weighted by molar-refractivity contribution is 6.30. The van der Waals surface area contributed by atoms with Crippen LogP contribution in [0.2, 0.25) is 5.02 Å². The van der Waals surface area contributed by atoms with Gasteiger partial charge in [-0.1, -0.05) is 23.7 Å². The van der Waals surface area contributed by atoms with Gasteiger partial charge >= 0.3 is 6.03 Å². The molecule has 5 nitrogen and oxygen atoms in total. The van der Waals surface area contributed by atoms with Gasteiger partial charge in [-0.2, -0.15) is 0 Å². The topological polar surface area (TPSA) is 70.2 Å². The maximum atomic E-state index is 11.6. The van der Waals surface area contributed by atoms with E-state index in [1.807, 2.05) is 19.1 Å². The number of hydrogen-bond acceptors (Lipinski definition) is 3. The molecule has 2 rings (SSSR count). The molecule has 108 valence electrons. The van der Waals surface area contributed by atoms with Crippen LogP contribution in [0.4, 0.5) is 4.79 Å². The van der Waals surface area contributed by atoms with Gasteiger partial charge in [0.1, 0.15) is 0 Å². The van der Waals surface area contributed by atoms with Crippen LogP contribution >= 0.6 is 11.6 Å². The maximum Gasteiger partial charge on any atom is 0.321 e. The molecule has 0 saturated heterocycles.